The zero-order valence-corrected chi connectivity index (χ0v) is 17.2. The molecule has 29 heavy (non-hydrogen) atoms. The molecule has 148 valence electrons. The summed E-state index contributed by atoms with van der Waals surface area (Å²) >= 11 is 7.98. The quantitative estimate of drug-likeness (QED) is 0.604. The Morgan fingerprint density at radius 3 is 2.76 bits per heavy atom. The number of furan rings is 1. The predicted octanol–water partition coefficient (Wildman–Crippen LogP) is 4.44. The predicted molar refractivity (Wildman–Crippen MR) is 112 cm³/mol. The molecule has 8 heteroatoms. The first-order valence-electron chi connectivity index (χ1n) is 9.01. The number of carbonyl (C=O) groups is 2. The Morgan fingerprint density at radius 1 is 1.24 bits per heavy atom. The standard InChI is InChI=1S/C21H18ClN3O3S/c1-24(21(27)18-8-4-10-28-18)13-20(26)25-17(14-6-2-3-7-15(14)22)12-16(23-25)19-9-5-11-29-19/h2-11,17H,12-13H2,1H3/t17-/m0/s1. The third-order valence-corrected chi connectivity index (χ3v) is 5.95. The number of likely N-dealkylation sites (N-methyl/N-ethyl adjacent to an activating group) is 1. The van der Waals surface area contributed by atoms with E-state index < -0.39 is 0 Å². The van der Waals surface area contributed by atoms with Gasteiger partial charge in [0, 0.05) is 18.5 Å². The third-order valence-electron chi connectivity index (χ3n) is 4.69. The molecule has 0 saturated heterocycles. The Bertz CT molecular complexity index is 1050. The molecule has 1 aliphatic heterocycles. The third kappa shape index (κ3) is 3.97. The van der Waals surface area contributed by atoms with Gasteiger partial charge in [-0.05, 0) is 35.2 Å². The molecule has 0 saturated carbocycles. The molecule has 0 aliphatic carbocycles. The van der Waals surface area contributed by atoms with Crippen LogP contribution in [0.5, 0.6) is 0 Å². The molecule has 1 atom stereocenters. The minimum Gasteiger partial charge on any atom is -0.459 e. The van der Waals surface area contributed by atoms with Gasteiger partial charge in [0.1, 0.15) is 6.54 Å². The lowest BCUT2D eigenvalue weighted by Gasteiger charge is -2.25. The monoisotopic (exact) mass is 427 g/mol. The van der Waals surface area contributed by atoms with Crippen LogP contribution in [0.2, 0.25) is 5.02 Å². The van der Waals surface area contributed by atoms with Crippen LogP contribution in [0, 0.1) is 0 Å². The van der Waals surface area contributed by atoms with Crippen molar-refractivity contribution in [1.29, 1.82) is 0 Å². The van der Waals surface area contributed by atoms with Gasteiger partial charge < -0.3 is 9.32 Å². The zero-order valence-electron chi connectivity index (χ0n) is 15.6. The van der Waals surface area contributed by atoms with Gasteiger partial charge in [-0.15, -0.1) is 11.3 Å². The molecule has 0 spiro atoms. The number of hydrazone groups is 1. The summed E-state index contributed by atoms with van der Waals surface area (Å²) in [5, 5.41) is 8.60. The van der Waals surface area contributed by atoms with Crippen LogP contribution in [-0.4, -0.2) is 41.0 Å². The second-order valence-corrected chi connectivity index (χ2v) is 8.00. The lowest BCUT2D eigenvalue weighted by molar-refractivity contribution is -0.133. The van der Waals surface area contributed by atoms with Crippen molar-refractivity contribution in [3.05, 3.63) is 81.4 Å². The van der Waals surface area contributed by atoms with Crippen molar-refractivity contribution in [2.24, 2.45) is 5.10 Å². The number of halogens is 1. The van der Waals surface area contributed by atoms with Gasteiger partial charge in [0.2, 0.25) is 0 Å². The van der Waals surface area contributed by atoms with E-state index in [4.69, 9.17) is 16.0 Å². The van der Waals surface area contributed by atoms with Gasteiger partial charge in [-0.2, -0.15) is 5.10 Å². The van der Waals surface area contributed by atoms with E-state index in [0.29, 0.717) is 11.4 Å². The SMILES string of the molecule is CN(CC(=O)N1N=C(c2cccs2)C[C@H]1c1ccccc1Cl)C(=O)c1ccco1. The molecular formula is C21H18ClN3O3S. The second kappa shape index (κ2) is 8.23. The first-order valence-corrected chi connectivity index (χ1v) is 10.3. The highest BCUT2D eigenvalue weighted by Gasteiger charge is 2.35. The van der Waals surface area contributed by atoms with Crippen molar-refractivity contribution in [2.45, 2.75) is 12.5 Å². The van der Waals surface area contributed by atoms with Crippen molar-refractivity contribution in [2.75, 3.05) is 13.6 Å². The average Bonchev–Trinajstić information content (AvgIpc) is 3.48. The second-order valence-electron chi connectivity index (χ2n) is 6.64. The van der Waals surface area contributed by atoms with Gasteiger partial charge in [-0.3, -0.25) is 9.59 Å². The molecule has 6 nitrogen and oxygen atoms in total. The van der Waals surface area contributed by atoms with E-state index in [1.165, 1.54) is 16.2 Å². The van der Waals surface area contributed by atoms with E-state index in [9.17, 15) is 9.59 Å². The van der Waals surface area contributed by atoms with Crippen LogP contribution in [0.15, 0.2) is 69.7 Å². The smallest absolute Gasteiger partial charge is 0.289 e. The fourth-order valence-electron chi connectivity index (χ4n) is 3.25. The zero-order chi connectivity index (χ0) is 20.4. The van der Waals surface area contributed by atoms with E-state index in [2.05, 4.69) is 5.10 Å². The largest absolute Gasteiger partial charge is 0.459 e. The lowest BCUT2D eigenvalue weighted by Crippen LogP contribution is -2.39. The fourth-order valence-corrected chi connectivity index (χ4v) is 4.24. The molecule has 3 heterocycles. The fraction of sp³-hybridized carbons (Fsp3) is 0.190. The number of nitrogens with zero attached hydrogens (tertiary/aromatic N) is 3. The summed E-state index contributed by atoms with van der Waals surface area (Å²) in [6.07, 6.45) is 1.99. The summed E-state index contributed by atoms with van der Waals surface area (Å²) in [6.45, 7) is -0.123. The summed E-state index contributed by atoms with van der Waals surface area (Å²) in [5.74, 6) is -0.463. The molecular weight excluding hydrogens is 410 g/mol. The lowest BCUT2D eigenvalue weighted by atomic mass is 10.0. The molecule has 0 N–H and O–H groups in total. The molecule has 4 rings (SSSR count). The highest BCUT2D eigenvalue weighted by molar-refractivity contribution is 7.12. The van der Waals surface area contributed by atoms with E-state index in [-0.39, 0.29) is 30.2 Å². The van der Waals surface area contributed by atoms with Crippen LogP contribution in [0.3, 0.4) is 0 Å². The Labute approximate surface area is 177 Å². The Hall–Kier alpha value is -2.90. The number of thiophene rings is 1. The molecule has 3 aromatic rings. The maximum absolute atomic E-state index is 13.1. The summed E-state index contributed by atoms with van der Waals surface area (Å²) in [5.41, 5.74) is 1.66. The number of amides is 2. The van der Waals surface area contributed by atoms with Gasteiger partial charge in [0.25, 0.3) is 11.8 Å². The van der Waals surface area contributed by atoms with Crippen LogP contribution in [0.1, 0.15) is 33.5 Å². The summed E-state index contributed by atoms with van der Waals surface area (Å²) < 4.78 is 5.14. The first-order chi connectivity index (χ1) is 14.0. The molecule has 0 radical (unpaired) electrons. The molecule has 0 bridgehead atoms. The van der Waals surface area contributed by atoms with E-state index in [0.717, 1.165) is 16.2 Å². The van der Waals surface area contributed by atoms with Crippen molar-refractivity contribution in [3.63, 3.8) is 0 Å². The van der Waals surface area contributed by atoms with Crippen molar-refractivity contribution < 1.29 is 14.0 Å². The number of hydrogen-bond donors (Lipinski definition) is 0. The Kier molecular flexibility index (Phi) is 5.51. The van der Waals surface area contributed by atoms with Gasteiger partial charge >= 0.3 is 0 Å². The molecule has 1 aromatic carbocycles. The summed E-state index contributed by atoms with van der Waals surface area (Å²) in [7, 11) is 1.56. The van der Waals surface area contributed by atoms with Crippen LogP contribution in [0.4, 0.5) is 0 Å². The number of carbonyl (C=O) groups excluding carboxylic acids is 2. The summed E-state index contributed by atoms with van der Waals surface area (Å²) in [4.78, 5) is 27.8. The number of benzene rings is 1. The van der Waals surface area contributed by atoms with Crippen LogP contribution < -0.4 is 0 Å². The van der Waals surface area contributed by atoms with Gasteiger partial charge in [-0.25, -0.2) is 5.01 Å². The van der Waals surface area contributed by atoms with E-state index in [1.807, 2.05) is 35.7 Å². The Morgan fingerprint density at radius 2 is 2.07 bits per heavy atom. The molecule has 2 aromatic heterocycles. The number of hydrogen-bond acceptors (Lipinski definition) is 5. The normalized spacial score (nSPS) is 16.0. The number of rotatable bonds is 5. The average molecular weight is 428 g/mol. The highest BCUT2D eigenvalue weighted by Crippen LogP contribution is 2.37. The highest BCUT2D eigenvalue weighted by atomic mass is 35.5. The topological polar surface area (TPSA) is 66.1 Å². The Balaban J connectivity index is 1.59. The van der Waals surface area contributed by atoms with E-state index >= 15 is 0 Å². The van der Waals surface area contributed by atoms with Crippen LogP contribution >= 0.6 is 22.9 Å². The van der Waals surface area contributed by atoms with Gasteiger partial charge in [-0.1, -0.05) is 35.9 Å². The maximum Gasteiger partial charge on any atom is 0.289 e. The molecule has 0 fully saturated rings. The molecule has 0 unspecified atom stereocenters. The van der Waals surface area contributed by atoms with Crippen LogP contribution in [0.25, 0.3) is 0 Å². The first kappa shape index (κ1) is 19.4. The van der Waals surface area contributed by atoms with Crippen LogP contribution in [-0.2, 0) is 4.79 Å². The summed E-state index contributed by atoms with van der Waals surface area (Å²) in [6, 6.07) is 14.3. The maximum atomic E-state index is 13.1. The molecule has 1 aliphatic rings. The van der Waals surface area contributed by atoms with Gasteiger partial charge in [0.15, 0.2) is 5.76 Å². The minimum absolute atomic E-state index is 0.123. The van der Waals surface area contributed by atoms with Gasteiger partial charge in [0.05, 0.1) is 22.9 Å². The van der Waals surface area contributed by atoms with Crippen molar-refractivity contribution >= 4 is 40.5 Å². The molecule has 2 amide bonds. The van der Waals surface area contributed by atoms with E-state index in [1.54, 1.807) is 36.6 Å². The van der Waals surface area contributed by atoms with Crippen molar-refractivity contribution in [1.82, 2.24) is 9.91 Å². The minimum atomic E-state index is -0.362. The van der Waals surface area contributed by atoms with Crippen molar-refractivity contribution in [3.8, 4) is 0 Å².